The molecular formula is C12H24. The first-order valence-electron chi connectivity index (χ1n) is 5.45. The summed E-state index contributed by atoms with van der Waals surface area (Å²) in [5.74, 6) is 3.03. The van der Waals surface area contributed by atoms with Gasteiger partial charge in [-0.2, -0.15) is 0 Å². The predicted molar refractivity (Wildman–Crippen MR) is 55.1 cm³/mol. The van der Waals surface area contributed by atoms with Crippen molar-refractivity contribution in [2.24, 2.45) is 23.2 Å². The van der Waals surface area contributed by atoms with Gasteiger partial charge in [0.15, 0.2) is 0 Å². The molecule has 0 saturated heterocycles. The fraction of sp³-hybridized carbons (Fsp3) is 1.00. The lowest BCUT2D eigenvalue weighted by molar-refractivity contribution is 0.207. The van der Waals surface area contributed by atoms with Crippen LogP contribution in [0.2, 0.25) is 0 Å². The Morgan fingerprint density at radius 2 is 1.83 bits per heavy atom. The third-order valence-electron chi connectivity index (χ3n) is 3.58. The van der Waals surface area contributed by atoms with Crippen LogP contribution in [0.25, 0.3) is 0 Å². The second-order valence-electron chi connectivity index (χ2n) is 5.68. The van der Waals surface area contributed by atoms with Crippen LogP contribution in [0.1, 0.15) is 53.9 Å². The summed E-state index contributed by atoms with van der Waals surface area (Å²) in [5.41, 5.74) is 0.525. The third kappa shape index (κ3) is 2.50. The summed E-state index contributed by atoms with van der Waals surface area (Å²) in [4.78, 5) is 0. The topological polar surface area (TPSA) is 0 Å². The minimum Gasteiger partial charge on any atom is -0.0651 e. The highest BCUT2D eigenvalue weighted by atomic mass is 14.4. The quantitative estimate of drug-likeness (QED) is 0.595. The van der Waals surface area contributed by atoms with Gasteiger partial charge in [0.25, 0.3) is 0 Å². The monoisotopic (exact) mass is 168 g/mol. The summed E-state index contributed by atoms with van der Waals surface area (Å²) in [7, 11) is 0. The average molecular weight is 168 g/mol. The highest BCUT2D eigenvalue weighted by Gasteiger charge is 2.36. The summed E-state index contributed by atoms with van der Waals surface area (Å²) >= 11 is 0. The van der Waals surface area contributed by atoms with E-state index in [2.05, 4.69) is 34.6 Å². The molecule has 1 aliphatic rings. The lowest BCUT2D eigenvalue weighted by Gasteiger charge is -2.30. The molecule has 0 aromatic heterocycles. The van der Waals surface area contributed by atoms with Crippen LogP contribution < -0.4 is 0 Å². The molecule has 0 amide bonds. The fourth-order valence-corrected chi connectivity index (χ4v) is 2.23. The van der Waals surface area contributed by atoms with Crippen molar-refractivity contribution >= 4 is 0 Å². The molecular weight excluding hydrogens is 144 g/mol. The Hall–Kier alpha value is 0. The molecule has 1 fully saturated rings. The molecule has 0 heterocycles. The summed E-state index contributed by atoms with van der Waals surface area (Å²) < 4.78 is 0. The van der Waals surface area contributed by atoms with E-state index in [1.165, 1.54) is 19.3 Å². The van der Waals surface area contributed by atoms with Crippen molar-refractivity contribution in [3.05, 3.63) is 0 Å². The zero-order chi connectivity index (χ0) is 9.35. The van der Waals surface area contributed by atoms with Gasteiger partial charge >= 0.3 is 0 Å². The van der Waals surface area contributed by atoms with Crippen LogP contribution in [0.15, 0.2) is 0 Å². The standard InChI is InChI=1S/C12H24/c1-6-11(12(3,4)5)8-10-7-9(10)2/h9-11H,6-8H2,1-5H3. The maximum atomic E-state index is 2.39. The van der Waals surface area contributed by atoms with E-state index >= 15 is 0 Å². The molecule has 0 bridgehead atoms. The maximum Gasteiger partial charge on any atom is -0.0354 e. The second kappa shape index (κ2) is 3.40. The van der Waals surface area contributed by atoms with Crippen LogP contribution in [0.3, 0.4) is 0 Å². The van der Waals surface area contributed by atoms with Gasteiger partial charge < -0.3 is 0 Å². The molecule has 1 saturated carbocycles. The Labute approximate surface area is 77.7 Å². The van der Waals surface area contributed by atoms with E-state index in [1.54, 1.807) is 0 Å². The van der Waals surface area contributed by atoms with Crippen LogP contribution in [0.5, 0.6) is 0 Å². The van der Waals surface area contributed by atoms with Crippen molar-refractivity contribution in [1.29, 1.82) is 0 Å². The van der Waals surface area contributed by atoms with Crippen LogP contribution in [0, 0.1) is 23.2 Å². The van der Waals surface area contributed by atoms with E-state index in [9.17, 15) is 0 Å². The third-order valence-corrected chi connectivity index (χ3v) is 3.58. The zero-order valence-corrected chi connectivity index (χ0v) is 9.35. The van der Waals surface area contributed by atoms with Crippen LogP contribution >= 0.6 is 0 Å². The zero-order valence-electron chi connectivity index (χ0n) is 9.35. The van der Waals surface area contributed by atoms with Gasteiger partial charge in [-0.15, -0.1) is 0 Å². The van der Waals surface area contributed by atoms with E-state index in [4.69, 9.17) is 0 Å². The Morgan fingerprint density at radius 3 is 2.08 bits per heavy atom. The summed E-state index contributed by atoms with van der Waals surface area (Å²) in [6.07, 6.45) is 4.32. The molecule has 0 aliphatic heterocycles. The summed E-state index contributed by atoms with van der Waals surface area (Å²) in [5, 5.41) is 0. The molecule has 0 aromatic carbocycles. The molecule has 72 valence electrons. The molecule has 0 radical (unpaired) electrons. The average Bonchev–Trinajstić information content (AvgIpc) is 2.59. The Balaban J connectivity index is 2.36. The van der Waals surface area contributed by atoms with E-state index in [-0.39, 0.29) is 0 Å². The molecule has 1 aliphatic carbocycles. The van der Waals surface area contributed by atoms with Gasteiger partial charge in [0, 0.05) is 0 Å². The van der Waals surface area contributed by atoms with Crippen molar-refractivity contribution in [3.63, 3.8) is 0 Å². The number of hydrogen-bond donors (Lipinski definition) is 0. The number of rotatable bonds is 3. The largest absolute Gasteiger partial charge is 0.0651 e. The van der Waals surface area contributed by atoms with E-state index in [0.717, 1.165) is 17.8 Å². The predicted octanol–water partition coefficient (Wildman–Crippen LogP) is 4.10. The van der Waals surface area contributed by atoms with Gasteiger partial charge in [-0.3, -0.25) is 0 Å². The SMILES string of the molecule is CCC(CC1CC1C)C(C)(C)C. The van der Waals surface area contributed by atoms with Gasteiger partial charge in [0.05, 0.1) is 0 Å². The maximum absolute atomic E-state index is 2.39. The van der Waals surface area contributed by atoms with Crippen LogP contribution in [-0.2, 0) is 0 Å². The van der Waals surface area contributed by atoms with Gasteiger partial charge in [0.1, 0.15) is 0 Å². The molecule has 0 N–H and O–H groups in total. The fourth-order valence-electron chi connectivity index (χ4n) is 2.23. The Morgan fingerprint density at radius 1 is 1.33 bits per heavy atom. The number of hydrogen-bond acceptors (Lipinski definition) is 0. The van der Waals surface area contributed by atoms with Crippen LogP contribution in [0.4, 0.5) is 0 Å². The van der Waals surface area contributed by atoms with E-state index < -0.39 is 0 Å². The van der Waals surface area contributed by atoms with Crippen molar-refractivity contribution in [2.45, 2.75) is 53.9 Å². The van der Waals surface area contributed by atoms with Crippen molar-refractivity contribution in [3.8, 4) is 0 Å². The van der Waals surface area contributed by atoms with Crippen molar-refractivity contribution in [1.82, 2.24) is 0 Å². The van der Waals surface area contributed by atoms with Crippen molar-refractivity contribution < 1.29 is 0 Å². The molecule has 1 rings (SSSR count). The molecule has 3 unspecified atom stereocenters. The summed E-state index contributed by atoms with van der Waals surface area (Å²) in [6.45, 7) is 11.9. The highest BCUT2D eigenvalue weighted by molar-refractivity contribution is 4.87. The van der Waals surface area contributed by atoms with Gasteiger partial charge in [0.2, 0.25) is 0 Å². The van der Waals surface area contributed by atoms with E-state index in [0.29, 0.717) is 5.41 Å². The van der Waals surface area contributed by atoms with E-state index in [1.807, 2.05) is 0 Å². The second-order valence-corrected chi connectivity index (χ2v) is 5.68. The molecule has 0 aromatic rings. The highest BCUT2D eigenvalue weighted by Crippen LogP contribution is 2.46. The summed E-state index contributed by atoms with van der Waals surface area (Å²) in [6, 6.07) is 0. The first-order chi connectivity index (χ1) is 5.45. The normalized spacial score (nSPS) is 31.8. The molecule has 12 heavy (non-hydrogen) atoms. The lowest BCUT2D eigenvalue weighted by atomic mass is 9.76. The molecule has 0 spiro atoms. The smallest absolute Gasteiger partial charge is 0.0354 e. The minimum atomic E-state index is 0.525. The minimum absolute atomic E-state index is 0.525. The van der Waals surface area contributed by atoms with Crippen molar-refractivity contribution in [2.75, 3.05) is 0 Å². The molecule has 3 atom stereocenters. The molecule has 0 nitrogen and oxygen atoms in total. The van der Waals surface area contributed by atoms with Gasteiger partial charge in [-0.05, 0) is 36.0 Å². The van der Waals surface area contributed by atoms with Crippen LogP contribution in [-0.4, -0.2) is 0 Å². The van der Waals surface area contributed by atoms with Gasteiger partial charge in [-0.1, -0.05) is 41.0 Å². The molecule has 0 heteroatoms. The lowest BCUT2D eigenvalue weighted by Crippen LogP contribution is -2.20. The van der Waals surface area contributed by atoms with Gasteiger partial charge in [-0.25, -0.2) is 0 Å². The first-order valence-corrected chi connectivity index (χ1v) is 5.45. The first kappa shape index (κ1) is 10.1. The Kier molecular flexibility index (Phi) is 2.85. The Bertz CT molecular complexity index is 141.